The number of ether oxygens (including phenoxy) is 2. The maximum atomic E-state index is 12.8. The number of rotatable bonds is 9. The third-order valence-electron chi connectivity index (χ3n) is 5.82. The molecule has 0 aliphatic rings. The first kappa shape index (κ1) is 31.2. The molecule has 0 spiro atoms. The normalized spacial score (nSPS) is 11.6. The van der Waals surface area contributed by atoms with Crippen LogP contribution in [0.2, 0.25) is 0 Å². The molecule has 7 N–H and O–H groups in total. The highest BCUT2D eigenvalue weighted by molar-refractivity contribution is 5.94. The smallest absolute Gasteiger partial charge is 0.490 e. The largest absolute Gasteiger partial charge is 0.493 e. The van der Waals surface area contributed by atoms with Crippen molar-refractivity contribution in [2.45, 2.75) is 25.4 Å². The molecule has 2 aromatic carbocycles. The highest BCUT2D eigenvalue weighted by Crippen LogP contribution is 2.34. The average Bonchev–Trinajstić information content (AvgIpc) is 3.33. The van der Waals surface area contributed by atoms with Gasteiger partial charge in [-0.1, -0.05) is 30.3 Å². The second-order valence-corrected chi connectivity index (χ2v) is 8.66. The number of hydrogen-bond acceptors (Lipinski definition) is 8. The van der Waals surface area contributed by atoms with E-state index in [1.807, 2.05) is 37.3 Å². The van der Waals surface area contributed by atoms with Crippen LogP contribution in [-0.2, 0) is 11.2 Å². The molecular formula is C27H28F3N7O5. The zero-order valence-electron chi connectivity index (χ0n) is 22.5. The monoisotopic (exact) mass is 587 g/mol. The van der Waals surface area contributed by atoms with Crippen molar-refractivity contribution < 1.29 is 32.5 Å². The minimum Gasteiger partial charge on any atom is -0.493 e. The Bertz CT molecular complexity index is 1600. The molecule has 2 heterocycles. The first-order chi connectivity index (χ1) is 19.8. The van der Waals surface area contributed by atoms with Gasteiger partial charge in [-0.15, -0.1) is 5.10 Å². The Morgan fingerprint density at radius 1 is 1.17 bits per heavy atom. The van der Waals surface area contributed by atoms with Gasteiger partial charge in [0.05, 0.1) is 19.4 Å². The Kier molecular flexibility index (Phi) is 9.91. The number of hydrogen-bond donors (Lipinski definition) is 5. The molecule has 2 aromatic heterocycles. The predicted octanol–water partition coefficient (Wildman–Crippen LogP) is 3.24. The number of nitrogens with two attached hydrogens (primary N) is 2. The van der Waals surface area contributed by atoms with E-state index in [2.05, 4.69) is 15.1 Å². The number of carboxylic acid groups (broad SMARTS) is 1. The zero-order valence-corrected chi connectivity index (χ0v) is 22.5. The van der Waals surface area contributed by atoms with E-state index in [1.54, 1.807) is 37.6 Å². The standard InChI is InChI=1S/C25H27N7O3.C2HF3O2/c1-3-35-20-11-10-17(14-21(20)34-2)18(13-15-6-8-16(9-7-15)22(27)28)23-30-25(33)32(31-23)24-19(26)5-4-12-29-24;3-2(4,5)1(6)7/h4-12,14,18H,3,13,26H2,1-2H3,(H3,27,28)(H,30,31,33);(H,6,7). The summed E-state index contributed by atoms with van der Waals surface area (Å²) in [4.78, 5) is 28.8. The van der Waals surface area contributed by atoms with Crippen molar-refractivity contribution in [2.75, 3.05) is 19.5 Å². The Morgan fingerprint density at radius 2 is 1.83 bits per heavy atom. The van der Waals surface area contributed by atoms with E-state index in [9.17, 15) is 18.0 Å². The quantitative estimate of drug-likeness (QED) is 0.144. The molecule has 0 aliphatic carbocycles. The van der Waals surface area contributed by atoms with E-state index in [0.717, 1.165) is 11.1 Å². The number of benzene rings is 2. The topological polar surface area (TPSA) is 195 Å². The fourth-order valence-corrected chi connectivity index (χ4v) is 3.83. The number of carboxylic acids is 1. The summed E-state index contributed by atoms with van der Waals surface area (Å²) in [6.07, 6.45) is -3.02. The molecule has 0 bridgehead atoms. The van der Waals surface area contributed by atoms with Crippen molar-refractivity contribution >= 4 is 17.5 Å². The average molecular weight is 588 g/mol. The molecule has 0 amide bonds. The summed E-state index contributed by atoms with van der Waals surface area (Å²) < 4.78 is 44.1. The van der Waals surface area contributed by atoms with E-state index in [1.165, 1.54) is 4.68 Å². The van der Waals surface area contributed by atoms with Crippen molar-refractivity contribution in [1.82, 2.24) is 19.7 Å². The Labute approximate surface area is 237 Å². The van der Waals surface area contributed by atoms with Crippen LogP contribution in [-0.4, -0.2) is 56.6 Å². The third-order valence-corrected chi connectivity index (χ3v) is 5.82. The maximum absolute atomic E-state index is 12.8. The van der Waals surface area contributed by atoms with E-state index in [4.69, 9.17) is 36.3 Å². The fourth-order valence-electron chi connectivity index (χ4n) is 3.83. The summed E-state index contributed by atoms with van der Waals surface area (Å²) in [6.45, 7) is 2.41. The van der Waals surface area contributed by atoms with Gasteiger partial charge in [-0.3, -0.25) is 10.4 Å². The van der Waals surface area contributed by atoms with Gasteiger partial charge in [0.2, 0.25) is 0 Å². The molecule has 12 nitrogen and oxygen atoms in total. The number of aromatic amines is 1. The van der Waals surface area contributed by atoms with Gasteiger partial charge >= 0.3 is 17.8 Å². The zero-order chi connectivity index (χ0) is 31.0. The molecule has 4 rings (SSSR count). The molecule has 0 aliphatic heterocycles. The lowest BCUT2D eigenvalue weighted by molar-refractivity contribution is -0.192. The molecule has 0 radical (unpaired) electrons. The van der Waals surface area contributed by atoms with Crippen LogP contribution in [0.15, 0.2) is 65.6 Å². The number of carbonyl (C=O) groups is 1. The molecule has 15 heteroatoms. The van der Waals surface area contributed by atoms with Crippen molar-refractivity contribution in [2.24, 2.45) is 5.73 Å². The van der Waals surface area contributed by atoms with E-state index in [-0.39, 0.29) is 17.6 Å². The van der Waals surface area contributed by atoms with Crippen LogP contribution >= 0.6 is 0 Å². The first-order valence-corrected chi connectivity index (χ1v) is 12.3. The number of H-pyrrole nitrogens is 1. The summed E-state index contributed by atoms with van der Waals surface area (Å²) in [5.74, 6) is -1.18. The van der Waals surface area contributed by atoms with Crippen molar-refractivity contribution in [3.63, 3.8) is 0 Å². The fraction of sp³-hybridized carbons (Fsp3) is 0.222. The summed E-state index contributed by atoms with van der Waals surface area (Å²) in [6, 6.07) is 16.4. The van der Waals surface area contributed by atoms with Crippen LogP contribution in [0, 0.1) is 5.41 Å². The van der Waals surface area contributed by atoms with Crippen molar-refractivity contribution in [3.8, 4) is 17.3 Å². The van der Waals surface area contributed by atoms with Gasteiger partial charge in [-0.25, -0.2) is 14.6 Å². The molecule has 0 saturated heterocycles. The van der Waals surface area contributed by atoms with Gasteiger partial charge in [-0.05, 0) is 48.7 Å². The predicted molar refractivity (Wildman–Crippen MR) is 147 cm³/mol. The Balaban J connectivity index is 0.000000616. The molecule has 0 fully saturated rings. The number of alkyl halides is 3. The number of pyridine rings is 1. The highest BCUT2D eigenvalue weighted by Gasteiger charge is 2.38. The number of anilines is 1. The summed E-state index contributed by atoms with van der Waals surface area (Å²) in [7, 11) is 1.58. The first-order valence-electron chi connectivity index (χ1n) is 12.3. The number of aromatic nitrogens is 4. The van der Waals surface area contributed by atoms with E-state index < -0.39 is 17.8 Å². The molecule has 0 saturated carbocycles. The van der Waals surface area contributed by atoms with Crippen LogP contribution in [0.25, 0.3) is 5.82 Å². The lowest BCUT2D eigenvalue weighted by atomic mass is 9.90. The van der Waals surface area contributed by atoms with Gasteiger partial charge in [0.25, 0.3) is 0 Å². The SMILES string of the molecule is CCOc1ccc(C(Cc2ccc(C(=N)N)cc2)c2nn(-c3ncccc3N)c(=O)[nH]2)cc1OC.O=C(O)C(F)(F)F. The molecule has 4 aromatic rings. The third kappa shape index (κ3) is 7.65. The number of nitrogens with one attached hydrogen (secondary N) is 2. The van der Waals surface area contributed by atoms with Crippen LogP contribution in [0.5, 0.6) is 11.5 Å². The Morgan fingerprint density at radius 3 is 2.38 bits per heavy atom. The summed E-state index contributed by atoms with van der Waals surface area (Å²) >= 11 is 0. The van der Waals surface area contributed by atoms with E-state index >= 15 is 0 Å². The number of methoxy groups -OCH3 is 1. The van der Waals surface area contributed by atoms with Gasteiger partial charge in [0.15, 0.2) is 17.3 Å². The molecule has 42 heavy (non-hydrogen) atoms. The van der Waals surface area contributed by atoms with Gasteiger partial charge < -0.3 is 26.0 Å². The van der Waals surface area contributed by atoms with Crippen LogP contribution in [0.3, 0.4) is 0 Å². The molecule has 1 unspecified atom stereocenters. The van der Waals surface area contributed by atoms with Gasteiger partial charge in [0.1, 0.15) is 11.7 Å². The number of nitrogen functional groups attached to an aromatic ring is 2. The van der Waals surface area contributed by atoms with Crippen LogP contribution < -0.4 is 26.6 Å². The summed E-state index contributed by atoms with van der Waals surface area (Å²) in [5.41, 5.74) is 14.0. The number of aliphatic carboxylic acids is 1. The molecule has 222 valence electrons. The minimum absolute atomic E-state index is 0.000345. The van der Waals surface area contributed by atoms with Gasteiger partial charge in [-0.2, -0.15) is 17.9 Å². The minimum atomic E-state index is -5.08. The second kappa shape index (κ2) is 13.3. The van der Waals surface area contributed by atoms with E-state index in [0.29, 0.717) is 41.6 Å². The van der Waals surface area contributed by atoms with Crippen LogP contribution in [0.1, 0.15) is 35.4 Å². The number of amidine groups is 1. The van der Waals surface area contributed by atoms with Crippen LogP contribution in [0.4, 0.5) is 18.9 Å². The van der Waals surface area contributed by atoms with Crippen molar-refractivity contribution in [1.29, 1.82) is 5.41 Å². The number of nitrogens with zero attached hydrogens (tertiary/aromatic N) is 3. The lowest BCUT2D eigenvalue weighted by Gasteiger charge is -2.18. The van der Waals surface area contributed by atoms with Crippen molar-refractivity contribution in [3.05, 3.63) is 93.8 Å². The molecule has 1 atom stereocenters. The number of halogens is 3. The van der Waals surface area contributed by atoms with Gasteiger partial charge in [0, 0.05) is 17.7 Å². The maximum Gasteiger partial charge on any atom is 0.490 e. The summed E-state index contributed by atoms with van der Waals surface area (Å²) in [5, 5.41) is 19.3. The second-order valence-electron chi connectivity index (χ2n) is 8.66. The molecular weight excluding hydrogens is 559 g/mol. The lowest BCUT2D eigenvalue weighted by Crippen LogP contribution is -2.21. The Hall–Kier alpha value is -5.34. The highest BCUT2D eigenvalue weighted by atomic mass is 19.4.